The molecule has 5 nitrogen and oxygen atoms in total. The van der Waals surface area contributed by atoms with E-state index in [0.29, 0.717) is 29.2 Å². The van der Waals surface area contributed by atoms with Crippen LogP contribution in [0.4, 0.5) is 0 Å². The second-order valence-corrected chi connectivity index (χ2v) is 5.90. The van der Waals surface area contributed by atoms with Gasteiger partial charge in [-0.05, 0) is 48.9 Å². The molecule has 0 fully saturated rings. The van der Waals surface area contributed by atoms with Crippen LogP contribution < -0.4 is 9.47 Å². The Morgan fingerprint density at radius 2 is 1.46 bits per heavy atom. The van der Waals surface area contributed by atoms with Crippen LogP contribution in [0.1, 0.15) is 33.2 Å². The zero-order valence-corrected chi connectivity index (χ0v) is 15.5. The Kier molecular flexibility index (Phi) is 6.41. The van der Waals surface area contributed by atoms with Crippen molar-refractivity contribution in [3.05, 3.63) is 95.6 Å². The molecule has 0 bridgehead atoms. The predicted molar refractivity (Wildman–Crippen MR) is 105 cm³/mol. The molecule has 0 aromatic heterocycles. The van der Waals surface area contributed by atoms with Crippen LogP contribution in [0.25, 0.3) is 0 Å². The van der Waals surface area contributed by atoms with Gasteiger partial charge in [0.1, 0.15) is 23.7 Å². The summed E-state index contributed by atoms with van der Waals surface area (Å²) in [7, 11) is 0. The SMILES string of the molecule is CCOC(=O)c1ccc(COc2ccccc2C(=O)Oc2ccccc2)cc1. The predicted octanol–water partition coefficient (Wildman–Crippen LogP) is 4.66. The quantitative estimate of drug-likeness (QED) is 0.443. The maximum absolute atomic E-state index is 12.5. The Hall–Kier alpha value is -3.60. The van der Waals surface area contributed by atoms with Crippen molar-refractivity contribution < 1.29 is 23.8 Å². The fourth-order valence-electron chi connectivity index (χ4n) is 2.52. The summed E-state index contributed by atoms with van der Waals surface area (Å²) in [4.78, 5) is 24.2. The summed E-state index contributed by atoms with van der Waals surface area (Å²) in [6, 6.07) is 22.7. The molecule has 0 saturated heterocycles. The molecule has 5 heteroatoms. The Balaban J connectivity index is 1.66. The maximum Gasteiger partial charge on any atom is 0.347 e. The second kappa shape index (κ2) is 9.37. The molecule has 0 spiro atoms. The standard InChI is InChI=1S/C23H20O5/c1-2-26-22(24)18-14-12-17(13-15-18)16-27-21-11-7-6-10-20(21)23(25)28-19-8-4-3-5-9-19/h3-15H,2,16H2,1H3. The Bertz CT molecular complexity index is 933. The lowest BCUT2D eigenvalue weighted by molar-refractivity contribution is 0.0526. The highest BCUT2D eigenvalue weighted by Gasteiger charge is 2.15. The summed E-state index contributed by atoms with van der Waals surface area (Å²) in [6.07, 6.45) is 0. The van der Waals surface area contributed by atoms with E-state index in [1.807, 2.05) is 6.07 Å². The largest absolute Gasteiger partial charge is 0.488 e. The van der Waals surface area contributed by atoms with Gasteiger partial charge in [0.05, 0.1) is 12.2 Å². The number of ether oxygens (including phenoxy) is 3. The van der Waals surface area contributed by atoms with Crippen molar-refractivity contribution in [2.75, 3.05) is 6.61 Å². The molecule has 0 amide bonds. The van der Waals surface area contributed by atoms with Gasteiger partial charge < -0.3 is 14.2 Å². The Morgan fingerprint density at radius 1 is 0.786 bits per heavy atom. The molecule has 0 radical (unpaired) electrons. The highest BCUT2D eigenvalue weighted by atomic mass is 16.5. The van der Waals surface area contributed by atoms with Crippen LogP contribution in [0.15, 0.2) is 78.9 Å². The van der Waals surface area contributed by atoms with E-state index in [-0.39, 0.29) is 12.6 Å². The Labute approximate surface area is 163 Å². The van der Waals surface area contributed by atoms with Crippen molar-refractivity contribution in [2.24, 2.45) is 0 Å². The summed E-state index contributed by atoms with van der Waals surface area (Å²) in [5, 5.41) is 0. The lowest BCUT2D eigenvalue weighted by Gasteiger charge is -2.11. The van der Waals surface area contributed by atoms with E-state index in [1.54, 1.807) is 79.7 Å². The molecule has 0 aliphatic carbocycles. The molecule has 0 N–H and O–H groups in total. The van der Waals surface area contributed by atoms with Gasteiger partial charge in [0.2, 0.25) is 0 Å². The third-order valence-electron chi connectivity index (χ3n) is 3.92. The zero-order chi connectivity index (χ0) is 19.8. The normalized spacial score (nSPS) is 10.2. The van der Waals surface area contributed by atoms with Crippen LogP contribution in [0.2, 0.25) is 0 Å². The molecular formula is C23H20O5. The topological polar surface area (TPSA) is 61.8 Å². The van der Waals surface area contributed by atoms with Crippen molar-refractivity contribution >= 4 is 11.9 Å². The minimum atomic E-state index is -0.487. The summed E-state index contributed by atoms with van der Waals surface area (Å²) in [5.41, 5.74) is 1.69. The zero-order valence-electron chi connectivity index (χ0n) is 15.5. The fraction of sp³-hybridized carbons (Fsp3) is 0.130. The molecule has 0 saturated carbocycles. The highest BCUT2D eigenvalue weighted by Crippen LogP contribution is 2.22. The number of para-hydroxylation sites is 2. The van der Waals surface area contributed by atoms with E-state index in [1.165, 1.54) is 0 Å². The smallest absolute Gasteiger partial charge is 0.347 e. The van der Waals surface area contributed by atoms with Crippen molar-refractivity contribution in [3.8, 4) is 11.5 Å². The van der Waals surface area contributed by atoms with Crippen molar-refractivity contribution in [1.82, 2.24) is 0 Å². The van der Waals surface area contributed by atoms with Gasteiger partial charge in [-0.25, -0.2) is 9.59 Å². The van der Waals surface area contributed by atoms with E-state index < -0.39 is 5.97 Å². The van der Waals surface area contributed by atoms with Gasteiger partial charge in [0, 0.05) is 0 Å². The van der Waals surface area contributed by atoms with E-state index in [4.69, 9.17) is 14.2 Å². The maximum atomic E-state index is 12.5. The minimum Gasteiger partial charge on any atom is -0.488 e. The number of benzene rings is 3. The number of carbonyl (C=O) groups excluding carboxylic acids is 2. The minimum absolute atomic E-state index is 0.249. The first-order chi connectivity index (χ1) is 13.7. The lowest BCUT2D eigenvalue weighted by Crippen LogP contribution is -2.11. The molecule has 3 aromatic rings. The number of hydrogen-bond donors (Lipinski definition) is 0. The Morgan fingerprint density at radius 3 is 2.18 bits per heavy atom. The average molecular weight is 376 g/mol. The van der Waals surface area contributed by atoms with Gasteiger partial charge in [-0.2, -0.15) is 0 Å². The van der Waals surface area contributed by atoms with E-state index in [0.717, 1.165) is 5.56 Å². The van der Waals surface area contributed by atoms with Gasteiger partial charge in [-0.1, -0.05) is 42.5 Å². The molecular weight excluding hydrogens is 356 g/mol. The van der Waals surface area contributed by atoms with E-state index in [2.05, 4.69) is 0 Å². The van der Waals surface area contributed by atoms with Gasteiger partial charge >= 0.3 is 11.9 Å². The second-order valence-electron chi connectivity index (χ2n) is 5.90. The first-order valence-corrected chi connectivity index (χ1v) is 8.92. The van der Waals surface area contributed by atoms with E-state index >= 15 is 0 Å². The number of carbonyl (C=O) groups is 2. The molecule has 142 valence electrons. The highest BCUT2D eigenvalue weighted by molar-refractivity contribution is 5.94. The monoisotopic (exact) mass is 376 g/mol. The number of rotatable bonds is 7. The van der Waals surface area contributed by atoms with Crippen LogP contribution in [-0.4, -0.2) is 18.5 Å². The summed E-state index contributed by atoms with van der Waals surface area (Å²) in [5.74, 6) is 0.0539. The number of hydrogen-bond acceptors (Lipinski definition) is 5. The third-order valence-corrected chi connectivity index (χ3v) is 3.92. The van der Waals surface area contributed by atoms with Crippen LogP contribution in [-0.2, 0) is 11.3 Å². The molecule has 28 heavy (non-hydrogen) atoms. The molecule has 3 rings (SSSR count). The molecule has 0 aliphatic heterocycles. The molecule has 0 heterocycles. The fourth-order valence-corrected chi connectivity index (χ4v) is 2.52. The summed E-state index contributed by atoms with van der Waals surface area (Å²) < 4.78 is 16.2. The van der Waals surface area contributed by atoms with Gasteiger partial charge in [0.25, 0.3) is 0 Å². The van der Waals surface area contributed by atoms with Crippen molar-refractivity contribution in [2.45, 2.75) is 13.5 Å². The van der Waals surface area contributed by atoms with Crippen LogP contribution >= 0.6 is 0 Å². The third kappa shape index (κ3) is 4.98. The lowest BCUT2D eigenvalue weighted by atomic mass is 10.1. The van der Waals surface area contributed by atoms with Crippen molar-refractivity contribution in [1.29, 1.82) is 0 Å². The van der Waals surface area contributed by atoms with Gasteiger partial charge in [-0.3, -0.25) is 0 Å². The molecule has 0 aliphatic rings. The van der Waals surface area contributed by atoms with Crippen LogP contribution in [0.5, 0.6) is 11.5 Å². The molecule has 0 unspecified atom stereocenters. The first kappa shape index (κ1) is 19.2. The summed E-state index contributed by atoms with van der Waals surface area (Å²) >= 11 is 0. The summed E-state index contributed by atoms with van der Waals surface area (Å²) in [6.45, 7) is 2.35. The molecule has 0 atom stereocenters. The number of esters is 2. The molecule has 3 aromatic carbocycles. The van der Waals surface area contributed by atoms with E-state index in [9.17, 15) is 9.59 Å². The van der Waals surface area contributed by atoms with Crippen LogP contribution in [0, 0.1) is 0 Å². The average Bonchev–Trinajstić information content (AvgIpc) is 2.73. The van der Waals surface area contributed by atoms with Crippen LogP contribution in [0.3, 0.4) is 0 Å². The van der Waals surface area contributed by atoms with Crippen molar-refractivity contribution in [3.63, 3.8) is 0 Å². The van der Waals surface area contributed by atoms with Gasteiger partial charge in [-0.15, -0.1) is 0 Å². The van der Waals surface area contributed by atoms with Gasteiger partial charge in [0.15, 0.2) is 0 Å². The first-order valence-electron chi connectivity index (χ1n) is 8.92.